The molecule has 2 N–H and O–H groups in total. The molecule has 30 heavy (non-hydrogen) atoms. The molecular formula is C26H30N4. The molecule has 0 saturated carbocycles. The molecule has 4 aromatic rings. The summed E-state index contributed by atoms with van der Waals surface area (Å²) in [6.45, 7) is 13.1. The summed E-state index contributed by atoms with van der Waals surface area (Å²) >= 11 is 0. The first-order valence-corrected chi connectivity index (χ1v) is 11.0. The van der Waals surface area contributed by atoms with Gasteiger partial charge < -0.3 is 14.7 Å². The molecule has 0 unspecified atom stereocenters. The lowest BCUT2D eigenvalue weighted by molar-refractivity contribution is 0.460. The Kier molecular flexibility index (Phi) is 4.75. The molecule has 0 spiro atoms. The normalized spacial score (nSPS) is 15.5. The van der Waals surface area contributed by atoms with E-state index in [4.69, 9.17) is 0 Å². The zero-order valence-electron chi connectivity index (χ0n) is 18.1. The fraction of sp³-hybridized carbons (Fsp3) is 0.346. The average Bonchev–Trinajstić information content (AvgIpc) is 3.37. The predicted octanol–water partition coefficient (Wildman–Crippen LogP) is 6.11. The van der Waals surface area contributed by atoms with E-state index in [-0.39, 0.29) is 0 Å². The highest BCUT2D eigenvalue weighted by Gasteiger charge is 2.21. The van der Waals surface area contributed by atoms with Gasteiger partial charge in [-0.1, -0.05) is 26.5 Å². The first-order valence-electron chi connectivity index (χ1n) is 11.0. The minimum absolute atomic E-state index is 0.420. The molecule has 1 saturated heterocycles. The quantitative estimate of drug-likeness (QED) is 0.436. The van der Waals surface area contributed by atoms with Gasteiger partial charge in [-0.2, -0.15) is 0 Å². The summed E-state index contributed by atoms with van der Waals surface area (Å²) < 4.78 is 2.11. The van der Waals surface area contributed by atoms with Gasteiger partial charge in [0.2, 0.25) is 0 Å². The Labute approximate surface area is 178 Å². The number of aromatic nitrogens is 3. The minimum Gasteiger partial charge on any atom is -0.354 e. The van der Waals surface area contributed by atoms with Gasteiger partial charge in [0.25, 0.3) is 0 Å². The smallest absolute Gasteiger partial charge is 0.144 e. The standard InChI is InChI=1S/C26H30N4/c1-16(2)21-14-20(15-30-12-11-28-26(21)30)25-24(17(3)4)22-13-19(5-6-23(22)29-25)18-7-9-27-10-8-18/h5-6,11-15,17-18,27,29H,1,7-10H2,2-4H3. The van der Waals surface area contributed by atoms with Gasteiger partial charge in [-0.05, 0) is 79.6 Å². The van der Waals surface area contributed by atoms with E-state index in [9.17, 15) is 0 Å². The maximum Gasteiger partial charge on any atom is 0.144 e. The van der Waals surface area contributed by atoms with Crippen LogP contribution in [0.15, 0.2) is 49.4 Å². The number of allylic oxidation sites excluding steroid dienone is 1. The number of H-pyrrole nitrogens is 1. The van der Waals surface area contributed by atoms with E-state index in [0.717, 1.165) is 29.9 Å². The lowest BCUT2D eigenvalue weighted by Gasteiger charge is -2.23. The Bertz CT molecular complexity index is 1230. The van der Waals surface area contributed by atoms with Gasteiger partial charge in [-0.25, -0.2) is 4.98 Å². The molecule has 4 nitrogen and oxygen atoms in total. The summed E-state index contributed by atoms with van der Waals surface area (Å²) in [6.07, 6.45) is 8.49. The van der Waals surface area contributed by atoms with Crippen LogP contribution in [0.5, 0.6) is 0 Å². The lowest BCUT2D eigenvalue weighted by Crippen LogP contribution is -2.26. The van der Waals surface area contributed by atoms with Gasteiger partial charge in [-0.3, -0.25) is 0 Å². The number of nitrogens with zero attached hydrogens (tertiary/aromatic N) is 2. The minimum atomic E-state index is 0.420. The molecule has 4 heteroatoms. The molecule has 4 heterocycles. The first kappa shape index (κ1) is 19.1. The van der Waals surface area contributed by atoms with Crippen LogP contribution in [0.1, 0.15) is 62.1 Å². The summed E-state index contributed by atoms with van der Waals surface area (Å²) in [7, 11) is 0. The second-order valence-electron chi connectivity index (χ2n) is 8.98. The Morgan fingerprint density at radius 2 is 2.00 bits per heavy atom. The largest absolute Gasteiger partial charge is 0.354 e. The monoisotopic (exact) mass is 398 g/mol. The molecule has 0 bridgehead atoms. The summed E-state index contributed by atoms with van der Waals surface area (Å²) in [6, 6.07) is 9.27. The topological polar surface area (TPSA) is 45.1 Å². The van der Waals surface area contributed by atoms with Crippen molar-refractivity contribution in [3.63, 3.8) is 0 Å². The molecule has 5 rings (SSSR count). The van der Waals surface area contributed by atoms with Crippen molar-refractivity contribution in [3.8, 4) is 11.3 Å². The molecule has 3 aromatic heterocycles. The maximum absolute atomic E-state index is 4.53. The molecule has 0 radical (unpaired) electrons. The van der Waals surface area contributed by atoms with Crippen molar-refractivity contribution in [2.24, 2.45) is 0 Å². The third kappa shape index (κ3) is 3.16. The van der Waals surface area contributed by atoms with Crippen molar-refractivity contribution >= 4 is 22.1 Å². The Morgan fingerprint density at radius 1 is 1.20 bits per heavy atom. The average molecular weight is 399 g/mol. The van der Waals surface area contributed by atoms with Crippen LogP contribution in [0.3, 0.4) is 0 Å². The Morgan fingerprint density at radius 3 is 2.73 bits per heavy atom. The number of hydrogen-bond donors (Lipinski definition) is 2. The van der Waals surface area contributed by atoms with Crippen LogP contribution in [0, 0.1) is 0 Å². The van der Waals surface area contributed by atoms with Gasteiger partial charge >= 0.3 is 0 Å². The van der Waals surface area contributed by atoms with Gasteiger partial charge in [0.05, 0.1) is 5.69 Å². The number of imidazole rings is 1. The molecule has 1 aliphatic heterocycles. The van der Waals surface area contributed by atoms with Crippen molar-refractivity contribution in [3.05, 3.63) is 66.1 Å². The summed E-state index contributed by atoms with van der Waals surface area (Å²) in [4.78, 5) is 8.26. The fourth-order valence-electron chi connectivity index (χ4n) is 4.95. The Balaban J connectivity index is 1.70. The van der Waals surface area contributed by atoms with Crippen LogP contribution in [-0.2, 0) is 0 Å². The molecule has 154 valence electrons. The fourth-order valence-corrected chi connectivity index (χ4v) is 4.95. The molecule has 1 fully saturated rings. The lowest BCUT2D eigenvalue weighted by atomic mass is 9.88. The molecule has 0 atom stereocenters. The van der Waals surface area contributed by atoms with Crippen LogP contribution in [0.2, 0.25) is 0 Å². The molecule has 1 aromatic carbocycles. The van der Waals surface area contributed by atoms with Crippen LogP contribution in [0.25, 0.3) is 33.4 Å². The zero-order chi connectivity index (χ0) is 20.8. The van der Waals surface area contributed by atoms with Crippen molar-refractivity contribution in [1.82, 2.24) is 19.7 Å². The van der Waals surface area contributed by atoms with Crippen LogP contribution >= 0.6 is 0 Å². The highest BCUT2D eigenvalue weighted by atomic mass is 15.0. The predicted molar refractivity (Wildman–Crippen MR) is 126 cm³/mol. The van der Waals surface area contributed by atoms with Crippen LogP contribution < -0.4 is 5.32 Å². The number of rotatable bonds is 4. The van der Waals surface area contributed by atoms with Gasteiger partial charge in [0, 0.05) is 40.6 Å². The number of aromatic amines is 1. The van der Waals surface area contributed by atoms with Gasteiger partial charge in [0.15, 0.2) is 0 Å². The third-order valence-corrected chi connectivity index (χ3v) is 6.49. The van der Waals surface area contributed by atoms with E-state index < -0.39 is 0 Å². The van der Waals surface area contributed by atoms with Crippen molar-refractivity contribution in [2.75, 3.05) is 13.1 Å². The van der Waals surface area contributed by atoms with E-state index in [1.807, 2.05) is 19.3 Å². The maximum atomic E-state index is 4.53. The third-order valence-electron chi connectivity index (χ3n) is 6.49. The van der Waals surface area contributed by atoms with Crippen LogP contribution in [-0.4, -0.2) is 27.5 Å². The van der Waals surface area contributed by atoms with Gasteiger partial charge in [0.1, 0.15) is 5.65 Å². The summed E-state index contributed by atoms with van der Waals surface area (Å²) in [5.74, 6) is 1.08. The highest BCUT2D eigenvalue weighted by Crippen LogP contribution is 2.38. The van der Waals surface area contributed by atoms with E-state index >= 15 is 0 Å². The number of nitrogens with one attached hydrogen (secondary N) is 2. The summed E-state index contributed by atoms with van der Waals surface area (Å²) in [5.41, 5.74) is 9.57. The SMILES string of the molecule is C=C(C)c1cc(-c2[nH]c3ccc(C4CCNCC4)cc3c2C(C)C)cn2ccnc12. The molecule has 1 aliphatic rings. The van der Waals surface area contributed by atoms with E-state index in [1.54, 1.807) is 0 Å². The Hall–Kier alpha value is -2.85. The number of pyridine rings is 1. The van der Waals surface area contributed by atoms with E-state index in [2.05, 4.69) is 70.6 Å². The second kappa shape index (κ2) is 7.44. The number of benzene rings is 1. The number of fused-ring (bicyclic) bond motifs is 2. The zero-order valence-corrected chi connectivity index (χ0v) is 18.1. The number of hydrogen-bond acceptors (Lipinski definition) is 2. The van der Waals surface area contributed by atoms with Crippen LogP contribution in [0.4, 0.5) is 0 Å². The first-order chi connectivity index (χ1) is 14.5. The highest BCUT2D eigenvalue weighted by molar-refractivity contribution is 5.92. The molecule has 0 aliphatic carbocycles. The number of piperidine rings is 1. The summed E-state index contributed by atoms with van der Waals surface area (Å²) in [5, 5.41) is 4.84. The van der Waals surface area contributed by atoms with Crippen molar-refractivity contribution in [1.29, 1.82) is 0 Å². The van der Waals surface area contributed by atoms with Gasteiger partial charge in [-0.15, -0.1) is 0 Å². The van der Waals surface area contributed by atoms with Crippen molar-refractivity contribution < 1.29 is 0 Å². The second-order valence-corrected chi connectivity index (χ2v) is 8.98. The molecule has 0 amide bonds. The van der Waals surface area contributed by atoms with E-state index in [1.165, 1.54) is 46.1 Å². The van der Waals surface area contributed by atoms with E-state index in [0.29, 0.717) is 11.8 Å². The molecular weight excluding hydrogens is 368 g/mol. The van der Waals surface area contributed by atoms with Crippen molar-refractivity contribution in [2.45, 2.75) is 45.4 Å².